The lowest BCUT2D eigenvalue weighted by Crippen LogP contribution is -2.36. The van der Waals surface area contributed by atoms with Crippen LogP contribution in [-0.2, 0) is 0 Å². The first-order valence-electron chi connectivity index (χ1n) is 4.62. The van der Waals surface area contributed by atoms with E-state index >= 15 is 0 Å². The van der Waals surface area contributed by atoms with Crippen molar-refractivity contribution >= 4 is 5.91 Å². The molecule has 1 fully saturated rings. The van der Waals surface area contributed by atoms with Gasteiger partial charge in [-0.2, -0.15) is 0 Å². The highest BCUT2D eigenvalue weighted by molar-refractivity contribution is 5.96. The van der Waals surface area contributed by atoms with Crippen molar-refractivity contribution in [3.8, 4) is 5.75 Å². The zero-order valence-corrected chi connectivity index (χ0v) is 7.73. The lowest BCUT2D eigenvalue weighted by Gasteiger charge is -2.15. The van der Waals surface area contributed by atoms with Crippen LogP contribution in [-0.4, -0.2) is 29.1 Å². The summed E-state index contributed by atoms with van der Waals surface area (Å²) in [6.45, 7) is 1.52. The normalized spacial score (nSPS) is 15.9. The molecule has 4 heteroatoms. The number of para-hydroxylation sites is 1. The van der Waals surface area contributed by atoms with E-state index in [1.807, 2.05) is 0 Å². The van der Waals surface area contributed by atoms with Crippen LogP contribution in [0.4, 0.5) is 0 Å². The van der Waals surface area contributed by atoms with Crippen molar-refractivity contribution in [3.05, 3.63) is 29.8 Å². The number of carbonyl (C=O) groups is 1. The number of phenols is 1. The van der Waals surface area contributed by atoms with E-state index in [0.29, 0.717) is 12.1 Å². The van der Waals surface area contributed by atoms with Crippen molar-refractivity contribution in [1.82, 2.24) is 10.4 Å². The molecule has 0 atom stereocenters. The zero-order valence-electron chi connectivity index (χ0n) is 7.73. The van der Waals surface area contributed by atoms with E-state index < -0.39 is 0 Å². The summed E-state index contributed by atoms with van der Waals surface area (Å²) in [5.41, 5.74) is 3.30. The van der Waals surface area contributed by atoms with Gasteiger partial charge in [0.1, 0.15) is 5.75 Å². The number of hydrogen-bond donors (Lipinski definition) is 2. The van der Waals surface area contributed by atoms with E-state index in [2.05, 4.69) is 5.43 Å². The van der Waals surface area contributed by atoms with Crippen molar-refractivity contribution < 1.29 is 9.90 Å². The molecule has 0 spiro atoms. The number of nitrogens with zero attached hydrogens (tertiary/aromatic N) is 1. The minimum absolute atomic E-state index is 0.0335. The maximum absolute atomic E-state index is 11.8. The van der Waals surface area contributed by atoms with Crippen LogP contribution in [0.2, 0.25) is 0 Å². The first-order valence-corrected chi connectivity index (χ1v) is 4.62. The minimum Gasteiger partial charge on any atom is -0.507 e. The molecule has 1 aliphatic heterocycles. The average Bonchev–Trinajstić information content (AvgIpc) is 2.70. The zero-order chi connectivity index (χ0) is 9.97. The van der Waals surface area contributed by atoms with Crippen LogP contribution in [0.1, 0.15) is 16.8 Å². The Labute approximate surface area is 82.1 Å². The van der Waals surface area contributed by atoms with E-state index in [1.54, 1.807) is 18.2 Å². The first kappa shape index (κ1) is 9.02. The third-order valence-electron chi connectivity index (χ3n) is 2.24. The molecule has 14 heavy (non-hydrogen) atoms. The standard InChI is InChI=1S/C10H12N2O2/c13-9-5-2-1-4-8(9)10(14)12-7-3-6-11-12/h1-2,4-5,11,13H,3,6-7H2. The smallest absolute Gasteiger partial charge is 0.271 e. The summed E-state index contributed by atoms with van der Waals surface area (Å²) < 4.78 is 0. The van der Waals surface area contributed by atoms with Gasteiger partial charge in [-0.1, -0.05) is 12.1 Å². The molecule has 0 radical (unpaired) electrons. The number of amides is 1. The quantitative estimate of drug-likeness (QED) is 0.690. The third-order valence-corrected chi connectivity index (χ3v) is 2.24. The summed E-state index contributed by atoms with van der Waals surface area (Å²) in [5.74, 6) is -0.133. The van der Waals surface area contributed by atoms with Gasteiger partial charge in [-0.05, 0) is 18.6 Å². The number of nitrogens with one attached hydrogen (secondary N) is 1. The molecular formula is C10H12N2O2. The topological polar surface area (TPSA) is 52.6 Å². The minimum atomic E-state index is -0.166. The van der Waals surface area contributed by atoms with Gasteiger partial charge in [-0.3, -0.25) is 9.80 Å². The van der Waals surface area contributed by atoms with Gasteiger partial charge < -0.3 is 5.11 Å². The second kappa shape index (κ2) is 3.67. The van der Waals surface area contributed by atoms with Crippen LogP contribution in [0.15, 0.2) is 24.3 Å². The molecule has 1 aliphatic rings. The lowest BCUT2D eigenvalue weighted by molar-refractivity contribution is 0.0723. The van der Waals surface area contributed by atoms with Gasteiger partial charge in [0.05, 0.1) is 5.56 Å². The fourth-order valence-corrected chi connectivity index (χ4v) is 1.50. The second-order valence-electron chi connectivity index (χ2n) is 3.24. The molecule has 0 aromatic heterocycles. The van der Waals surface area contributed by atoms with Crippen molar-refractivity contribution in [2.24, 2.45) is 0 Å². The highest BCUT2D eigenvalue weighted by Crippen LogP contribution is 2.17. The molecule has 4 nitrogen and oxygen atoms in total. The maximum Gasteiger partial charge on any atom is 0.271 e. The van der Waals surface area contributed by atoms with E-state index in [4.69, 9.17) is 0 Å². The molecule has 1 heterocycles. The van der Waals surface area contributed by atoms with Crippen LogP contribution in [0.3, 0.4) is 0 Å². The molecular weight excluding hydrogens is 180 g/mol. The summed E-state index contributed by atoms with van der Waals surface area (Å²) >= 11 is 0. The molecule has 1 aromatic rings. The number of phenolic OH excluding ortho intramolecular Hbond substituents is 1. The van der Waals surface area contributed by atoms with Gasteiger partial charge in [-0.25, -0.2) is 5.43 Å². The Morgan fingerprint density at radius 2 is 2.21 bits per heavy atom. The summed E-state index contributed by atoms with van der Waals surface area (Å²) in [5, 5.41) is 11.0. The van der Waals surface area contributed by atoms with Gasteiger partial charge in [0.15, 0.2) is 0 Å². The Morgan fingerprint density at radius 1 is 1.43 bits per heavy atom. The van der Waals surface area contributed by atoms with Crippen molar-refractivity contribution in [3.63, 3.8) is 0 Å². The number of hydrogen-bond acceptors (Lipinski definition) is 3. The van der Waals surface area contributed by atoms with Crippen molar-refractivity contribution in [1.29, 1.82) is 0 Å². The predicted octanol–water partition coefficient (Wildman–Crippen LogP) is 0.743. The van der Waals surface area contributed by atoms with E-state index in [-0.39, 0.29) is 11.7 Å². The Morgan fingerprint density at radius 3 is 2.86 bits per heavy atom. The SMILES string of the molecule is O=C(c1ccccc1O)N1CCCN1. The summed E-state index contributed by atoms with van der Waals surface area (Å²) in [6, 6.07) is 6.58. The highest BCUT2D eigenvalue weighted by atomic mass is 16.3. The Balaban J connectivity index is 2.22. The molecule has 2 N–H and O–H groups in total. The molecule has 1 saturated heterocycles. The maximum atomic E-state index is 11.8. The number of hydrazine groups is 1. The first-order chi connectivity index (χ1) is 6.79. The number of rotatable bonds is 1. The third kappa shape index (κ3) is 1.56. The Bertz CT molecular complexity index is 346. The highest BCUT2D eigenvalue weighted by Gasteiger charge is 2.20. The summed E-state index contributed by atoms with van der Waals surface area (Å²) in [4.78, 5) is 11.8. The molecule has 0 unspecified atom stereocenters. The summed E-state index contributed by atoms with van der Waals surface area (Å²) in [7, 11) is 0. The van der Waals surface area contributed by atoms with E-state index in [0.717, 1.165) is 13.0 Å². The van der Waals surface area contributed by atoms with Crippen LogP contribution in [0.25, 0.3) is 0 Å². The molecule has 74 valence electrons. The predicted molar refractivity (Wildman–Crippen MR) is 51.8 cm³/mol. The van der Waals surface area contributed by atoms with Crippen molar-refractivity contribution in [2.45, 2.75) is 6.42 Å². The monoisotopic (exact) mass is 192 g/mol. The molecule has 1 amide bonds. The van der Waals surface area contributed by atoms with E-state index in [9.17, 15) is 9.90 Å². The Hall–Kier alpha value is -1.55. The van der Waals surface area contributed by atoms with Crippen LogP contribution in [0.5, 0.6) is 5.75 Å². The van der Waals surface area contributed by atoms with Gasteiger partial charge in [0.2, 0.25) is 0 Å². The number of carbonyl (C=O) groups excluding carboxylic acids is 1. The van der Waals surface area contributed by atoms with Crippen LogP contribution >= 0.6 is 0 Å². The van der Waals surface area contributed by atoms with Gasteiger partial charge in [-0.15, -0.1) is 0 Å². The fraction of sp³-hybridized carbons (Fsp3) is 0.300. The number of aromatic hydroxyl groups is 1. The lowest BCUT2D eigenvalue weighted by atomic mass is 10.2. The Kier molecular flexibility index (Phi) is 2.37. The summed E-state index contributed by atoms with van der Waals surface area (Å²) in [6.07, 6.45) is 0.958. The largest absolute Gasteiger partial charge is 0.507 e. The van der Waals surface area contributed by atoms with Gasteiger partial charge >= 0.3 is 0 Å². The average molecular weight is 192 g/mol. The van der Waals surface area contributed by atoms with E-state index in [1.165, 1.54) is 11.1 Å². The van der Waals surface area contributed by atoms with Crippen LogP contribution in [0, 0.1) is 0 Å². The molecule has 0 aliphatic carbocycles. The molecule has 1 aromatic carbocycles. The van der Waals surface area contributed by atoms with Gasteiger partial charge in [0.25, 0.3) is 5.91 Å². The molecule has 2 rings (SSSR count). The van der Waals surface area contributed by atoms with Crippen LogP contribution < -0.4 is 5.43 Å². The molecule has 0 bridgehead atoms. The molecule has 0 saturated carbocycles. The number of benzene rings is 1. The fourth-order valence-electron chi connectivity index (χ4n) is 1.50. The van der Waals surface area contributed by atoms with Gasteiger partial charge in [0, 0.05) is 13.1 Å². The van der Waals surface area contributed by atoms with Crippen molar-refractivity contribution in [2.75, 3.05) is 13.1 Å². The second-order valence-corrected chi connectivity index (χ2v) is 3.24.